The first-order valence-corrected chi connectivity index (χ1v) is 5.09. The van der Waals surface area contributed by atoms with E-state index in [4.69, 9.17) is 17.3 Å². The highest BCUT2D eigenvalue weighted by molar-refractivity contribution is 7.86. The zero-order valence-corrected chi connectivity index (χ0v) is 8.29. The molecule has 0 aliphatic rings. The summed E-state index contributed by atoms with van der Waals surface area (Å²) in [4.78, 5) is -0.436. The summed E-state index contributed by atoms with van der Waals surface area (Å²) < 4.78 is 33.7. The van der Waals surface area contributed by atoms with E-state index in [0.717, 1.165) is 6.07 Å². The lowest BCUT2D eigenvalue weighted by Crippen LogP contribution is -1.98. The molecule has 3 nitrogen and oxygen atoms in total. The highest BCUT2D eigenvalue weighted by atomic mass is 35.5. The van der Waals surface area contributed by atoms with Crippen molar-refractivity contribution < 1.29 is 12.3 Å². The lowest BCUT2D eigenvalue weighted by atomic mass is 10.2. The zero-order chi connectivity index (χ0) is 10.2. The highest BCUT2D eigenvalue weighted by Crippen LogP contribution is 2.26. The summed E-state index contributed by atoms with van der Waals surface area (Å²) in [5, 5.41) is 0.213. The van der Waals surface area contributed by atoms with Crippen LogP contribution >= 0.6 is 11.6 Å². The molecule has 0 saturated carbocycles. The number of nitrogens with two attached hydrogens (primary N) is 1. The minimum atomic E-state index is -4.71. The van der Waals surface area contributed by atoms with Gasteiger partial charge in [-0.1, -0.05) is 11.6 Å². The van der Waals surface area contributed by atoms with Gasteiger partial charge in [0.25, 0.3) is 0 Å². The fraction of sp³-hybridized carbons (Fsp3) is 0.143. The second kappa shape index (κ2) is 3.16. The first kappa shape index (κ1) is 10.3. The van der Waals surface area contributed by atoms with Gasteiger partial charge in [-0.15, -0.1) is 3.89 Å². The molecule has 0 fully saturated rings. The highest BCUT2D eigenvalue weighted by Gasteiger charge is 2.16. The first-order chi connectivity index (χ1) is 5.82. The van der Waals surface area contributed by atoms with Crippen molar-refractivity contribution in [1.29, 1.82) is 0 Å². The third kappa shape index (κ3) is 2.10. The van der Waals surface area contributed by atoms with E-state index in [2.05, 4.69) is 0 Å². The van der Waals surface area contributed by atoms with Crippen LogP contribution in [0.2, 0.25) is 5.02 Å². The van der Waals surface area contributed by atoms with Gasteiger partial charge in [0.2, 0.25) is 0 Å². The van der Waals surface area contributed by atoms with E-state index in [1.807, 2.05) is 0 Å². The average Bonchev–Trinajstić information content (AvgIpc) is 1.94. The number of benzene rings is 1. The molecule has 0 bridgehead atoms. The Labute approximate surface area is 80.5 Å². The summed E-state index contributed by atoms with van der Waals surface area (Å²) in [6.45, 7) is 1.44. The van der Waals surface area contributed by atoms with Crippen LogP contribution in [0.15, 0.2) is 17.0 Å². The van der Waals surface area contributed by atoms with Crippen LogP contribution in [0, 0.1) is 6.92 Å². The maximum absolute atomic E-state index is 12.6. The topological polar surface area (TPSA) is 60.2 Å². The Bertz CT molecular complexity index is 444. The lowest BCUT2D eigenvalue weighted by molar-refractivity contribution is 0.551. The van der Waals surface area contributed by atoms with Gasteiger partial charge in [-0.2, -0.15) is 8.42 Å². The van der Waals surface area contributed by atoms with E-state index in [9.17, 15) is 12.3 Å². The van der Waals surface area contributed by atoms with E-state index in [1.54, 1.807) is 0 Å². The molecule has 13 heavy (non-hydrogen) atoms. The summed E-state index contributed by atoms with van der Waals surface area (Å²) in [5.41, 5.74) is 5.61. The number of rotatable bonds is 1. The van der Waals surface area contributed by atoms with Crippen LogP contribution in [0.1, 0.15) is 5.56 Å². The largest absolute Gasteiger partial charge is 0.397 e. The maximum Gasteiger partial charge on any atom is 0.332 e. The van der Waals surface area contributed by atoms with Gasteiger partial charge >= 0.3 is 10.2 Å². The Morgan fingerprint density at radius 2 is 2.00 bits per heavy atom. The number of nitrogen functional groups attached to an aromatic ring is 1. The van der Waals surface area contributed by atoms with Crippen molar-refractivity contribution in [3.8, 4) is 0 Å². The molecule has 0 radical (unpaired) electrons. The van der Waals surface area contributed by atoms with E-state index >= 15 is 0 Å². The minimum absolute atomic E-state index is 0.0449. The summed E-state index contributed by atoms with van der Waals surface area (Å²) in [7, 11) is -4.71. The second-order valence-corrected chi connectivity index (χ2v) is 4.30. The molecule has 0 spiro atoms. The third-order valence-electron chi connectivity index (χ3n) is 1.56. The Hall–Kier alpha value is -0.810. The maximum atomic E-state index is 12.6. The van der Waals surface area contributed by atoms with Crippen molar-refractivity contribution in [2.45, 2.75) is 11.8 Å². The molecular formula is C7H7ClFNO2S. The molecule has 1 aromatic carbocycles. The van der Waals surface area contributed by atoms with E-state index in [0.29, 0.717) is 0 Å². The van der Waals surface area contributed by atoms with Crippen LogP contribution in [0.3, 0.4) is 0 Å². The van der Waals surface area contributed by atoms with Gasteiger partial charge in [0, 0.05) is 0 Å². The van der Waals surface area contributed by atoms with Crippen molar-refractivity contribution in [2.75, 3.05) is 5.73 Å². The molecule has 0 saturated heterocycles. The van der Waals surface area contributed by atoms with Gasteiger partial charge in [-0.3, -0.25) is 0 Å². The fourth-order valence-corrected chi connectivity index (χ4v) is 1.86. The normalized spacial score (nSPS) is 11.6. The quantitative estimate of drug-likeness (QED) is 0.584. The molecule has 0 amide bonds. The summed E-state index contributed by atoms with van der Waals surface area (Å²) in [5.74, 6) is 0. The number of aryl methyl sites for hydroxylation is 1. The van der Waals surface area contributed by atoms with Gasteiger partial charge < -0.3 is 5.73 Å². The van der Waals surface area contributed by atoms with Crippen molar-refractivity contribution in [3.63, 3.8) is 0 Å². The molecule has 0 unspecified atom stereocenters. The molecular weight excluding hydrogens is 217 g/mol. The molecule has 2 N–H and O–H groups in total. The molecule has 1 rings (SSSR count). The van der Waals surface area contributed by atoms with Gasteiger partial charge in [0.15, 0.2) is 0 Å². The van der Waals surface area contributed by atoms with Crippen molar-refractivity contribution in [2.24, 2.45) is 0 Å². The molecule has 0 aromatic heterocycles. The first-order valence-electron chi connectivity index (χ1n) is 3.32. The molecule has 1 aromatic rings. The SMILES string of the molecule is Cc1cc(Cl)c(N)cc1S(=O)(=O)F. The zero-order valence-electron chi connectivity index (χ0n) is 6.71. The third-order valence-corrected chi connectivity index (χ3v) is 2.85. The number of hydrogen-bond donors (Lipinski definition) is 1. The molecule has 0 aliphatic heterocycles. The summed E-state index contributed by atoms with van der Waals surface area (Å²) >= 11 is 5.59. The van der Waals surface area contributed by atoms with Crippen LogP contribution < -0.4 is 5.73 Å². The molecule has 0 heterocycles. The smallest absolute Gasteiger partial charge is 0.332 e. The van der Waals surface area contributed by atoms with Crippen molar-refractivity contribution in [1.82, 2.24) is 0 Å². The number of hydrogen-bond acceptors (Lipinski definition) is 3. The van der Waals surface area contributed by atoms with Gasteiger partial charge in [-0.05, 0) is 24.6 Å². The number of halogens is 2. The molecule has 0 aliphatic carbocycles. The van der Waals surface area contributed by atoms with Crippen LogP contribution in [0.5, 0.6) is 0 Å². The predicted octanol–water partition coefficient (Wildman–Crippen LogP) is 1.89. The Kier molecular flexibility index (Phi) is 2.49. The minimum Gasteiger partial charge on any atom is -0.397 e. The van der Waals surface area contributed by atoms with Crippen LogP contribution in [-0.4, -0.2) is 8.42 Å². The van der Waals surface area contributed by atoms with Crippen LogP contribution in [-0.2, 0) is 10.2 Å². The van der Waals surface area contributed by atoms with Crippen LogP contribution in [0.25, 0.3) is 0 Å². The standard InChI is InChI=1S/C7H7ClFNO2S/c1-4-2-5(8)6(10)3-7(4)13(9,11)12/h2-3H,10H2,1H3. The second-order valence-electron chi connectivity index (χ2n) is 2.58. The molecule has 72 valence electrons. The van der Waals surface area contributed by atoms with E-state index in [1.165, 1.54) is 13.0 Å². The summed E-state index contributed by atoms with van der Waals surface area (Å²) in [6, 6.07) is 2.32. The average molecular weight is 224 g/mol. The molecule has 6 heteroatoms. The monoisotopic (exact) mass is 223 g/mol. The Morgan fingerprint density at radius 3 is 2.46 bits per heavy atom. The van der Waals surface area contributed by atoms with Crippen molar-refractivity contribution in [3.05, 3.63) is 22.7 Å². The van der Waals surface area contributed by atoms with E-state index in [-0.39, 0.29) is 16.3 Å². The lowest BCUT2D eigenvalue weighted by Gasteiger charge is -2.03. The van der Waals surface area contributed by atoms with Gasteiger partial charge in [0.1, 0.15) is 4.90 Å². The van der Waals surface area contributed by atoms with E-state index < -0.39 is 15.1 Å². The van der Waals surface area contributed by atoms with Crippen LogP contribution in [0.4, 0.5) is 9.57 Å². The Morgan fingerprint density at radius 1 is 1.46 bits per heavy atom. The fourth-order valence-electron chi connectivity index (χ4n) is 0.931. The number of anilines is 1. The van der Waals surface area contributed by atoms with Crippen molar-refractivity contribution >= 4 is 27.5 Å². The van der Waals surface area contributed by atoms with Gasteiger partial charge in [-0.25, -0.2) is 0 Å². The predicted molar refractivity (Wildman–Crippen MR) is 48.9 cm³/mol. The Balaban J connectivity index is 3.50. The van der Waals surface area contributed by atoms with Gasteiger partial charge in [0.05, 0.1) is 10.7 Å². The molecule has 0 atom stereocenters. The summed E-state index contributed by atoms with van der Waals surface area (Å²) in [6.07, 6.45) is 0.